The molecular formula is C22H12F4N2O5. The lowest BCUT2D eigenvalue weighted by Gasteiger charge is -2.14. The van der Waals surface area contributed by atoms with Crippen LogP contribution in [-0.4, -0.2) is 22.4 Å². The highest BCUT2D eigenvalue weighted by atomic mass is 19.4. The van der Waals surface area contributed by atoms with Gasteiger partial charge >= 0.3 is 6.18 Å². The number of Topliss-reactive ketones (excluding diaryl/α,β-unsaturated/α-hetero) is 2. The maximum absolute atomic E-state index is 13.2. The van der Waals surface area contributed by atoms with E-state index in [4.69, 9.17) is 0 Å². The fraction of sp³-hybridized carbons (Fsp3) is 0.0455. The van der Waals surface area contributed by atoms with E-state index in [9.17, 15) is 42.1 Å². The van der Waals surface area contributed by atoms with Crippen molar-refractivity contribution in [3.63, 3.8) is 0 Å². The lowest BCUT2D eigenvalue weighted by molar-refractivity contribution is -0.384. The van der Waals surface area contributed by atoms with Crippen LogP contribution in [0, 0.1) is 15.9 Å². The molecule has 0 radical (unpaired) electrons. The van der Waals surface area contributed by atoms with Crippen LogP contribution in [0.25, 0.3) is 0 Å². The lowest BCUT2D eigenvalue weighted by Crippen LogP contribution is -2.20. The van der Waals surface area contributed by atoms with Crippen LogP contribution in [0.2, 0.25) is 0 Å². The van der Waals surface area contributed by atoms with E-state index in [1.807, 2.05) is 0 Å². The van der Waals surface area contributed by atoms with Crippen LogP contribution in [0.4, 0.5) is 28.9 Å². The Kier molecular flexibility index (Phi) is 6.33. The quantitative estimate of drug-likeness (QED) is 0.182. The Bertz CT molecular complexity index is 1250. The molecule has 0 aliphatic rings. The van der Waals surface area contributed by atoms with Crippen LogP contribution in [-0.2, 0) is 6.18 Å². The molecule has 3 aromatic rings. The highest BCUT2D eigenvalue weighted by Crippen LogP contribution is 2.32. The van der Waals surface area contributed by atoms with Gasteiger partial charge in [-0.3, -0.25) is 24.5 Å². The molecule has 3 aromatic carbocycles. The topological polar surface area (TPSA) is 106 Å². The summed E-state index contributed by atoms with van der Waals surface area (Å²) in [4.78, 5) is 47.8. The van der Waals surface area contributed by atoms with E-state index in [0.29, 0.717) is 12.1 Å². The number of nitro groups is 1. The lowest BCUT2D eigenvalue weighted by atomic mass is 9.98. The summed E-state index contributed by atoms with van der Waals surface area (Å²) in [5.74, 6) is -4.13. The Morgan fingerprint density at radius 2 is 1.39 bits per heavy atom. The summed E-state index contributed by atoms with van der Waals surface area (Å²) >= 11 is 0. The van der Waals surface area contributed by atoms with E-state index in [-0.39, 0.29) is 22.5 Å². The van der Waals surface area contributed by atoms with Crippen molar-refractivity contribution in [3.05, 3.63) is 105 Å². The zero-order valence-electron chi connectivity index (χ0n) is 16.4. The number of amides is 1. The highest BCUT2D eigenvalue weighted by Gasteiger charge is 2.33. The van der Waals surface area contributed by atoms with Gasteiger partial charge in [-0.15, -0.1) is 0 Å². The van der Waals surface area contributed by atoms with Gasteiger partial charge < -0.3 is 5.32 Å². The molecule has 0 aromatic heterocycles. The number of rotatable bonds is 6. The number of hydrogen-bond acceptors (Lipinski definition) is 5. The van der Waals surface area contributed by atoms with Gasteiger partial charge in [-0.1, -0.05) is 0 Å². The van der Waals surface area contributed by atoms with Crippen molar-refractivity contribution in [1.29, 1.82) is 0 Å². The third-order valence-electron chi connectivity index (χ3n) is 4.49. The van der Waals surface area contributed by atoms with Gasteiger partial charge in [0, 0.05) is 23.3 Å². The largest absolute Gasteiger partial charge is 0.416 e. The van der Waals surface area contributed by atoms with Crippen LogP contribution in [0.3, 0.4) is 0 Å². The van der Waals surface area contributed by atoms with Crippen molar-refractivity contribution in [2.24, 2.45) is 0 Å². The predicted molar refractivity (Wildman–Crippen MR) is 108 cm³/mol. The smallest absolute Gasteiger partial charge is 0.321 e. The number of hydrogen-bond donors (Lipinski definition) is 1. The van der Waals surface area contributed by atoms with Crippen LogP contribution in [0.15, 0.2) is 66.7 Å². The van der Waals surface area contributed by atoms with Gasteiger partial charge in [0.25, 0.3) is 11.6 Å². The van der Waals surface area contributed by atoms with E-state index in [1.165, 1.54) is 0 Å². The van der Waals surface area contributed by atoms with Crippen molar-refractivity contribution in [2.45, 2.75) is 6.18 Å². The molecule has 0 fully saturated rings. The molecule has 0 aliphatic heterocycles. The number of benzene rings is 3. The molecule has 3 rings (SSSR count). The fourth-order valence-corrected chi connectivity index (χ4v) is 2.80. The Balaban J connectivity index is 1.98. The van der Waals surface area contributed by atoms with E-state index in [1.54, 1.807) is 0 Å². The van der Waals surface area contributed by atoms with Gasteiger partial charge in [-0.05, 0) is 54.6 Å². The second-order valence-corrected chi connectivity index (χ2v) is 6.68. The number of nitrogens with one attached hydrogen (secondary N) is 1. The number of nitrogens with zero attached hydrogens (tertiary/aromatic N) is 1. The first-order valence-electron chi connectivity index (χ1n) is 9.09. The average molecular weight is 460 g/mol. The molecular weight excluding hydrogens is 448 g/mol. The summed E-state index contributed by atoms with van der Waals surface area (Å²) in [5.41, 5.74) is -2.97. The van der Waals surface area contributed by atoms with Gasteiger partial charge in [0.05, 0.1) is 21.7 Å². The predicted octanol–water partition coefficient (Wildman–Crippen LogP) is 5.07. The van der Waals surface area contributed by atoms with Crippen molar-refractivity contribution in [3.8, 4) is 0 Å². The van der Waals surface area contributed by atoms with Crippen molar-refractivity contribution in [1.82, 2.24) is 0 Å². The zero-order valence-corrected chi connectivity index (χ0v) is 16.4. The van der Waals surface area contributed by atoms with E-state index < -0.39 is 45.5 Å². The number of halogens is 4. The molecule has 168 valence electrons. The SMILES string of the molecule is O=C(Nc1ccc(C(F)(F)F)cc1C(=O)C(=O)c1ccc(F)cc1)c1ccc([N+](=O)[O-])cc1. The van der Waals surface area contributed by atoms with Gasteiger partial charge in [0.2, 0.25) is 11.6 Å². The molecule has 0 spiro atoms. The summed E-state index contributed by atoms with van der Waals surface area (Å²) in [6, 6.07) is 9.99. The standard InChI is InChI=1S/C22H12F4N2O5/c23-15-6-1-12(2-7-15)19(29)20(30)17-11-14(22(24,25)26)5-10-18(17)27-21(31)13-3-8-16(9-4-13)28(32)33/h1-11H,(H,27,31). The van der Waals surface area contributed by atoms with Crippen LogP contribution in [0.5, 0.6) is 0 Å². The summed E-state index contributed by atoms with van der Waals surface area (Å²) in [7, 11) is 0. The first-order valence-corrected chi connectivity index (χ1v) is 9.09. The van der Waals surface area contributed by atoms with E-state index >= 15 is 0 Å². The molecule has 33 heavy (non-hydrogen) atoms. The van der Waals surface area contributed by atoms with Crippen molar-refractivity contribution in [2.75, 3.05) is 5.32 Å². The summed E-state index contributed by atoms with van der Waals surface area (Å²) in [6.45, 7) is 0. The van der Waals surface area contributed by atoms with Gasteiger partial charge in [0.1, 0.15) is 5.82 Å². The number of alkyl halides is 3. The second-order valence-electron chi connectivity index (χ2n) is 6.68. The maximum atomic E-state index is 13.2. The summed E-state index contributed by atoms with van der Waals surface area (Å²) in [6.07, 6.45) is -4.84. The van der Waals surface area contributed by atoms with E-state index in [0.717, 1.165) is 54.6 Å². The summed E-state index contributed by atoms with van der Waals surface area (Å²) < 4.78 is 52.6. The van der Waals surface area contributed by atoms with Gasteiger partial charge in [-0.25, -0.2) is 4.39 Å². The molecule has 11 heteroatoms. The number of anilines is 1. The third-order valence-corrected chi connectivity index (χ3v) is 4.49. The third kappa shape index (κ3) is 5.26. The fourth-order valence-electron chi connectivity index (χ4n) is 2.80. The molecule has 1 amide bonds. The van der Waals surface area contributed by atoms with Crippen molar-refractivity contribution < 1.29 is 36.9 Å². The van der Waals surface area contributed by atoms with Gasteiger partial charge in [0.15, 0.2) is 0 Å². The Hall–Kier alpha value is -4.41. The Morgan fingerprint density at radius 1 is 0.818 bits per heavy atom. The minimum atomic E-state index is -4.84. The molecule has 1 N–H and O–H groups in total. The summed E-state index contributed by atoms with van der Waals surface area (Å²) in [5, 5.41) is 13.0. The Morgan fingerprint density at radius 3 is 1.94 bits per heavy atom. The first-order chi connectivity index (χ1) is 15.5. The Labute approximate surface area is 182 Å². The monoisotopic (exact) mass is 460 g/mol. The molecule has 0 unspecified atom stereocenters. The molecule has 0 saturated carbocycles. The number of nitro benzene ring substituents is 1. The number of carbonyl (C=O) groups is 3. The van der Waals surface area contributed by atoms with Gasteiger partial charge in [-0.2, -0.15) is 13.2 Å². The zero-order chi connectivity index (χ0) is 24.3. The van der Waals surface area contributed by atoms with Crippen LogP contribution >= 0.6 is 0 Å². The average Bonchev–Trinajstić information content (AvgIpc) is 2.78. The second kappa shape index (κ2) is 8.99. The molecule has 0 saturated heterocycles. The number of non-ortho nitro benzene ring substituents is 1. The normalized spacial score (nSPS) is 11.0. The first kappa shape index (κ1) is 23.3. The van der Waals surface area contributed by atoms with Crippen molar-refractivity contribution >= 4 is 28.8 Å². The van der Waals surface area contributed by atoms with Crippen LogP contribution in [0.1, 0.15) is 36.6 Å². The molecule has 0 heterocycles. The highest BCUT2D eigenvalue weighted by molar-refractivity contribution is 6.50. The van der Waals surface area contributed by atoms with E-state index in [2.05, 4.69) is 5.32 Å². The number of carbonyl (C=O) groups excluding carboxylic acids is 3. The molecule has 0 atom stereocenters. The maximum Gasteiger partial charge on any atom is 0.416 e. The van der Waals surface area contributed by atoms with Crippen LogP contribution < -0.4 is 5.32 Å². The minimum absolute atomic E-state index is 0.0799. The molecule has 0 bridgehead atoms. The molecule has 0 aliphatic carbocycles. The minimum Gasteiger partial charge on any atom is -0.321 e. The molecule has 7 nitrogen and oxygen atoms in total. The number of ketones is 2.